The molecule has 0 atom stereocenters. The fourth-order valence-electron chi connectivity index (χ4n) is 1.39. The average Bonchev–Trinajstić information content (AvgIpc) is 2.11. The standard InChI is InChI=1S/C13H22/c1-4-6-7-8-9-10-12-13(3)11-5-2/h2H,3-4,6-12H2,1H3. The number of unbranched alkanes of at least 4 members (excludes halogenated alkanes) is 5. The van der Waals surface area contributed by atoms with E-state index in [0.29, 0.717) is 0 Å². The van der Waals surface area contributed by atoms with Gasteiger partial charge in [-0.1, -0.05) is 51.2 Å². The largest absolute Gasteiger partial charge is 0.120 e. The summed E-state index contributed by atoms with van der Waals surface area (Å²) >= 11 is 0. The SMILES string of the molecule is C#CCC(=C)CCCCCCCC. The Hall–Kier alpha value is -0.700. The molecule has 0 bridgehead atoms. The Labute approximate surface area is 83.4 Å². The molecule has 0 aromatic rings. The second-order valence-corrected chi connectivity index (χ2v) is 3.65. The summed E-state index contributed by atoms with van der Waals surface area (Å²) in [6, 6.07) is 0. The smallest absolute Gasteiger partial charge is 0.0293 e. The Bertz CT molecular complexity index is 159. The number of hydrogen-bond donors (Lipinski definition) is 0. The number of terminal acetylenes is 1. The molecule has 0 saturated carbocycles. The van der Waals surface area contributed by atoms with Crippen LogP contribution >= 0.6 is 0 Å². The lowest BCUT2D eigenvalue weighted by Crippen LogP contribution is -1.82. The van der Waals surface area contributed by atoms with Gasteiger partial charge in [0.2, 0.25) is 0 Å². The van der Waals surface area contributed by atoms with E-state index in [9.17, 15) is 0 Å². The van der Waals surface area contributed by atoms with E-state index < -0.39 is 0 Å². The third-order valence-corrected chi connectivity index (χ3v) is 2.24. The highest BCUT2D eigenvalue weighted by Gasteiger charge is 1.93. The maximum atomic E-state index is 5.19. The molecule has 0 amide bonds. The number of hydrogen-bond acceptors (Lipinski definition) is 0. The first kappa shape index (κ1) is 12.3. The molecule has 0 radical (unpaired) electrons. The molecule has 0 saturated heterocycles. The zero-order chi connectivity index (χ0) is 9.94. The molecule has 0 aliphatic carbocycles. The minimum absolute atomic E-state index is 0.759. The summed E-state index contributed by atoms with van der Waals surface area (Å²) in [7, 11) is 0. The number of allylic oxidation sites excluding steroid dienone is 1. The Morgan fingerprint density at radius 1 is 1.15 bits per heavy atom. The molecule has 0 heteroatoms. The molecular weight excluding hydrogens is 156 g/mol. The van der Waals surface area contributed by atoms with Crippen molar-refractivity contribution in [1.82, 2.24) is 0 Å². The maximum Gasteiger partial charge on any atom is 0.0293 e. The van der Waals surface area contributed by atoms with Gasteiger partial charge in [-0.15, -0.1) is 12.3 Å². The molecule has 0 fully saturated rings. The van der Waals surface area contributed by atoms with E-state index in [4.69, 9.17) is 6.42 Å². The molecule has 0 rings (SSSR count). The Balaban J connectivity index is 3.08. The fourth-order valence-corrected chi connectivity index (χ4v) is 1.39. The van der Waals surface area contributed by atoms with Gasteiger partial charge in [0.1, 0.15) is 0 Å². The van der Waals surface area contributed by atoms with Crippen molar-refractivity contribution in [2.75, 3.05) is 0 Å². The molecule has 0 heterocycles. The van der Waals surface area contributed by atoms with E-state index in [1.807, 2.05) is 0 Å². The highest BCUT2D eigenvalue weighted by molar-refractivity contribution is 5.05. The first-order valence-electron chi connectivity index (χ1n) is 5.41. The molecule has 0 N–H and O–H groups in total. The third-order valence-electron chi connectivity index (χ3n) is 2.24. The minimum atomic E-state index is 0.759. The van der Waals surface area contributed by atoms with Gasteiger partial charge in [0.25, 0.3) is 0 Å². The lowest BCUT2D eigenvalue weighted by molar-refractivity contribution is 0.605. The topological polar surface area (TPSA) is 0 Å². The van der Waals surface area contributed by atoms with Crippen LogP contribution in [0.2, 0.25) is 0 Å². The molecule has 13 heavy (non-hydrogen) atoms. The summed E-state index contributed by atoms with van der Waals surface area (Å²) in [5, 5.41) is 0. The van der Waals surface area contributed by atoms with Gasteiger partial charge < -0.3 is 0 Å². The van der Waals surface area contributed by atoms with E-state index >= 15 is 0 Å². The molecule has 0 unspecified atom stereocenters. The summed E-state index contributed by atoms with van der Waals surface area (Å²) in [5.74, 6) is 2.63. The predicted molar refractivity (Wildman–Crippen MR) is 60.6 cm³/mol. The van der Waals surface area contributed by atoms with Gasteiger partial charge in [0, 0.05) is 6.42 Å². The minimum Gasteiger partial charge on any atom is -0.120 e. The summed E-state index contributed by atoms with van der Waals surface area (Å²) in [6.45, 7) is 6.18. The first-order chi connectivity index (χ1) is 6.31. The monoisotopic (exact) mass is 178 g/mol. The van der Waals surface area contributed by atoms with Gasteiger partial charge in [0.05, 0.1) is 0 Å². The molecule has 74 valence electrons. The molecule has 0 aliphatic heterocycles. The summed E-state index contributed by atoms with van der Waals surface area (Å²) in [4.78, 5) is 0. The quantitative estimate of drug-likeness (QED) is 0.295. The van der Waals surface area contributed by atoms with Gasteiger partial charge in [-0.3, -0.25) is 0 Å². The second kappa shape index (κ2) is 9.39. The van der Waals surface area contributed by atoms with Crippen LogP contribution in [0.3, 0.4) is 0 Å². The van der Waals surface area contributed by atoms with Crippen LogP contribution < -0.4 is 0 Å². The van der Waals surface area contributed by atoms with Crippen LogP contribution in [0.1, 0.15) is 58.3 Å². The Morgan fingerprint density at radius 2 is 1.77 bits per heavy atom. The van der Waals surface area contributed by atoms with Crippen LogP contribution in [0.4, 0.5) is 0 Å². The van der Waals surface area contributed by atoms with Crippen LogP contribution in [0.25, 0.3) is 0 Å². The Kier molecular flexibility index (Phi) is 8.88. The van der Waals surface area contributed by atoms with Gasteiger partial charge in [-0.05, 0) is 12.8 Å². The van der Waals surface area contributed by atoms with Crippen LogP contribution in [-0.4, -0.2) is 0 Å². The van der Waals surface area contributed by atoms with Gasteiger partial charge in [-0.25, -0.2) is 0 Å². The van der Waals surface area contributed by atoms with E-state index in [2.05, 4.69) is 19.4 Å². The second-order valence-electron chi connectivity index (χ2n) is 3.65. The van der Waals surface area contributed by atoms with Crippen LogP contribution in [0.15, 0.2) is 12.2 Å². The Morgan fingerprint density at radius 3 is 2.38 bits per heavy atom. The normalized spacial score (nSPS) is 9.54. The molecule has 0 aromatic heterocycles. The summed E-state index contributed by atoms with van der Waals surface area (Å²) in [6.07, 6.45) is 15.1. The molecular formula is C13H22. The predicted octanol–water partition coefficient (Wildman–Crippen LogP) is 4.32. The first-order valence-corrected chi connectivity index (χ1v) is 5.41. The zero-order valence-corrected chi connectivity index (χ0v) is 8.94. The van der Waals surface area contributed by atoms with Crippen molar-refractivity contribution in [2.24, 2.45) is 0 Å². The lowest BCUT2D eigenvalue weighted by Gasteiger charge is -2.01. The molecule has 0 aliphatic rings. The van der Waals surface area contributed by atoms with Crippen molar-refractivity contribution in [1.29, 1.82) is 0 Å². The average molecular weight is 178 g/mol. The summed E-state index contributed by atoms with van der Waals surface area (Å²) in [5.41, 5.74) is 1.22. The van der Waals surface area contributed by atoms with Gasteiger partial charge in [0.15, 0.2) is 0 Å². The molecule has 0 aromatic carbocycles. The van der Waals surface area contributed by atoms with E-state index in [1.54, 1.807) is 0 Å². The third kappa shape index (κ3) is 9.21. The van der Waals surface area contributed by atoms with Crippen LogP contribution in [-0.2, 0) is 0 Å². The van der Waals surface area contributed by atoms with Gasteiger partial charge in [-0.2, -0.15) is 0 Å². The van der Waals surface area contributed by atoms with E-state index in [1.165, 1.54) is 44.1 Å². The van der Waals surface area contributed by atoms with Crippen molar-refractivity contribution < 1.29 is 0 Å². The van der Waals surface area contributed by atoms with Crippen molar-refractivity contribution in [3.8, 4) is 12.3 Å². The molecule has 0 spiro atoms. The summed E-state index contributed by atoms with van der Waals surface area (Å²) < 4.78 is 0. The highest BCUT2D eigenvalue weighted by atomic mass is 14.0. The highest BCUT2D eigenvalue weighted by Crippen LogP contribution is 2.12. The van der Waals surface area contributed by atoms with E-state index in [-0.39, 0.29) is 0 Å². The van der Waals surface area contributed by atoms with Crippen LogP contribution in [0.5, 0.6) is 0 Å². The fraction of sp³-hybridized carbons (Fsp3) is 0.692. The van der Waals surface area contributed by atoms with Crippen molar-refractivity contribution in [3.63, 3.8) is 0 Å². The van der Waals surface area contributed by atoms with E-state index in [0.717, 1.165) is 12.8 Å². The molecule has 0 nitrogen and oxygen atoms in total. The van der Waals surface area contributed by atoms with Crippen molar-refractivity contribution >= 4 is 0 Å². The van der Waals surface area contributed by atoms with Crippen molar-refractivity contribution in [2.45, 2.75) is 58.3 Å². The van der Waals surface area contributed by atoms with Crippen LogP contribution in [0, 0.1) is 12.3 Å². The zero-order valence-electron chi connectivity index (χ0n) is 8.94. The van der Waals surface area contributed by atoms with Gasteiger partial charge >= 0.3 is 0 Å². The van der Waals surface area contributed by atoms with Crippen molar-refractivity contribution in [3.05, 3.63) is 12.2 Å². The lowest BCUT2D eigenvalue weighted by atomic mass is 10.0. The number of rotatable bonds is 8. The maximum absolute atomic E-state index is 5.19.